The Morgan fingerprint density at radius 1 is 1.04 bits per heavy atom. The summed E-state index contributed by atoms with van der Waals surface area (Å²) >= 11 is 1.59. The lowest BCUT2D eigenvalue weighted by Crippen LogP contribution is -2.50. The molecule has 3 rings (SSSR count). The maximum absolute atomic E-state index is 12.6. The average molecular weight is 357 g/mol. The molecule has 0 atom stereocenters. The van der Waals surface area contributed by atoms with Crippen LogP contribution in [0.15, 0.2) is 24.3 Å². The minimum atomic E-state index is 0.0770. The van der Waals surface area contributed by atoms with Crippen molar-refractivity contribution < 1.29 is 9.59 Å². The Hall–Kier alpha value is -2.21. The van der Waals surface area contributed by atoms with Gasteiger partial charge >= 0.3 is 0 Å². The van der Waals surface area contributed by atoms with Gasteiger partial charge in [0, 0.05) is 43.5 Å². The molecule has 1 aromatic carbocycles. The number of carbonyl (C=O) groups excluding carboxylic acids is 2. The van der Waals surface area contributed by atoms with Gasteiger partial charge in [0.2, 0.25) is 11.8 Å². The number of thiazole rings is 1. The van der Waals surface area contributed by atoms with Crippen LogP contribution in [0.2, 0.25) is 0 Å². The monoisotopic (exact) mass is 357 g/mol. The van der Waals surface area contributed by atoms with E-state index < -0.39 is 0 Å². The molecule has 1 aliphatic rings. The number of aromatic nitrogens is 1. The number of hydrogen-bond donors (Lipinski definition) is 0. The highest BCUT2D eigenvalue weighted by Crippen LogP contribution is 2.28. The summed E-state index contributed by atoms with van der Waals surface area (Å²) in [5.74, 6) is 0.193. The summed E-state index contributed by atoms with van der Waals surface area (Å²) in [6, 6.07) is 8.29. The second-order valence-corrected chi connectivity index (χ2v) is 7.54. The van der Waals surface area contributed by atoms with Crippen LogP contribution >= 0.6 is 11.3 Å². The van der Waals surface area contributed by atoms with Crippen molar-refractivity contribution in [2.75, 3.05) is 26.2 Å². The van der Waals surface area contributed by atoms with Gasteiger partial charge in [0.15, 0.2) is 0 Å². The van der Waals surface area contributed by atoms with E-state index in [0.717, 1.165) is 21.1 Å². The van der Waals surface area contributed by atoms with Crippen LogP contribution in [0, 0.1) is 13.8 Å². The molecule has 0 unspecified atom stereocenters. The Bertz CT molecular complexity index is 774. The fourth-order valence-corrected chi connectivity index (χ4v) is 3.99. The smallest absolute Gasteiger partial charge is 0.228 e. The standard InChI is InChI=1S/C19H23N3O2S/c1-13-4-6-16(7-5-13)19-20-14(2)17(25-19)12-18(24)22-10-8-21(9-11-22)15(3)23/h4-7H,8-12H2,1-3H3. The Morgan fingerprint density at radius 2 is 1.64 bits per heavy atom. The quantitative estimate of drug-likeness (QED) is 0.849. The van der Waals surface area contributed by atoms with Crippen LogP contribution in [0.3, 0.4) is 0 Å². The van der Waals surface area contributed by atoms with Crippen LogP contribution in [-0.2, 0) is 16.0 Å². The Morgan fingerprint density at radius 3 is 2.24 bits per heavy atom. The molecule has 132 valence electrons. The van der Waals surface area contributed by atoms with Crippen LogP contribution in [0.1, 0.15) is 23.1 Å². The predicted octanol–water partition coefficient (Wildman–Crippen LogP) is 2.66. The first-order valence-electron chi connectivity index (χ1n) is 8.50. The van der Waals surface area contributed by atoms with Gasteiger partial charge < -0.3 is 9.80 Å². The van der Waals surface area contributed by atoms with E-state index in [4.69, 9.17) is 0 Å². The second-order valence-electron chi connectivity index (χ2n) is 6.46. The van der Waals surface area contributed by atoms with E-state index in [-0.39, 0.29) is 11.8 Å². The molecule has 2 aromatic rings. The van der Waals surface area contributed by atoms with Crippen LogP contribution < -0.4 is 0 Å². The van der Waals surface area contributed by atoms with Crippen molar-refractivity contribution >= 4 is 23.2 Å². The van der Waals surface area contributed by atoms with Crippen molar-refractivity contribution in [1.29, 1.82) is 0 Å². The molecule has 6 heteroatoms. The van der Waals surface area contributed by atoms with Gasteiger partial charge in [0.05, 0.1) is 12.1 Å². The third-order valence-electron chi connectivity index (χ3n) is 4.58. The predicted molar refractivity (Wildman–Crippen MR) is 99.6 cm³/mol. The molecule has 0 radical (unpaired) electrons. The van der Waals surface area contributed by atoms with Crippen molar-refractivity contribution in [3.8, 4) is 10.6 Å². The number of benzene rings is 1. The van der Waals surface area contributed by atoms with Crippen LogP contribution in [0.25, 0.3) is 10.6 Å². The van der Waals surface area contributed by atoms with Gasteiger partial charge in [-0.3, -0.25) is 9.59 Å². The molecule has 0 N–H and O–H groups in total. The molecule has 5 nitrogen and oxygen atoms in total. The van der Waals surface area contributed by atoms with E-state index in [2.05, 4.69) is 36.2 Å². The van der Waals surface area contributed by atoms with Gasteiger partial charge in [-0.05, 0) is 13.8 Å². The summed E-state index contributed by atoms with van der Waals surface area (Å²) in [5.41, 5.74) is 3.24. The van der Waals surface area contributed by atoms with Crippen LogP contribution in [0.5, 0.6) is 0 Å². The van der Waals surface area contributed by atoms with E-state index in [1.807, 2.05) is 11.8 Å². The number of piperazine rings is 1. The SMILES string of the molecule is CC(=O)N1CCN(C(=O)Cc2sc(-c3ccc(C)cc3)nc2C)CC1. The van der Waals surface area contributed by atoms with Crippen LogP contribution in [0.4, 0.5) is 0 Å². The van der Waals surface area contributed by atoms with Crippen molar-refractivity contribution in [3.05, 3.63) is 40.4 Å². The number of amides is 2. The minimum absolute atomic E-state index is 0.0770. The number of hydrogen-bond acceptors (Lipinski definition) is 4. The summed E-state index contributed by atoms with van der Waals surface area (Å²) in [6.45, 7) is 8.07. The van der Waals surface area contributed by atoms with Gasteiger partial charge in [-0.2, -0.15) is 0 Å². The van der Waals surface area contributed by atoms with Gasteiger partial charge in [-0.15, -0.1) is 11.3 Å². The van der Waals surface area contributed by atoms with Crippen molar-refractivity contribution in [2.45, 2.75) is 27.2 Å². The maximum Gasteiger partial charge on any atom is 0.228 e. The number of carbonyl (C=O) groups is 2. The Labute approximate surface area is 152 Å². The van der Waals surface area contributed by atoms with E-state index >= 15 is 0 Å². The second kappa shape index (κ2) is 7.35. The lowest BCUT2D eigenvalue weighted by molar-refractivity contribution is -0.137. The zero-order valence-electron chi connectivity index (χ0n) is 14.9. The molecule has 1 saturated heterocycles. The van der Waals surface area contributed by atoms with Gasteiger partial charge in [-0.1, -0.05) is 29.8 Å². The third-order valence-corrected chi connectivity index (χ3v) is 5.79. The topological polar surface area (TPSA) is 53.5 Å². The molecule has 0 bridgehead atoms. The highest BCUT2D eigenvalue weighted by Gasteiger charge is 2.23. The largest absolute Gasteiger partial charge is 0.339 e. The molecule has 1 aliphatic heterocycles. The van der Waals surface area contributed by atoms with Crippen LogP contribution in [-0.4, -0.2) is 52.8 Å². The molecule has 0 aliphatic carbocycles. The molecule has 0 saturated carbocycles. The molecule has 1 fully saturated rings. The van der Waals surface area contributed by atoms with Gasteiger partial charge in [0.25, 0.3) is 0 Å². The fourth-order valence-electron chi connectivity index (χ4n) is 2.93. The first-order valence-corrected chi connectivity index (χ1v) is 9.32. The molecule has 2 heterocycles. The summed E-state index contributed by atoms with van der Waals surface area (Å²) < 4.78 is 0. The highest BCUT2D eigenvalue weighted by atomic mass is 32.1. The average Bonchev–Trinajstić information content (AvgIpc) is 2.96. The number of aryl methyl sites for hydroxylation is 2. The number of rotatable bonds is 3. The van der Waals surface area contributed by atoms with Crippen molar-refractivity contribution in [1.82, 2.24) is 14.8 Å². The summed E-state index contributed by atoms with van der Waals surface area (Å²) in [7, 11) is 0. The lowest BCUT2D eigenvalue weighted by atomic mass is 10.2. The minimum Gasteiger partial charge on any atom is -0.339 e. The zero-order valence-corrected chi connectivity index (χ0v) is 15.7. The van der Waals surface area contributed by atoms with Gasteiger partial charge in [0.1, 0.15) is 5.01 Å². The highest BCUT2D eigenvalue weighted by molar-refractivity contribution is 7.15. The first-order chi connectivity index (χ1) is 11.9. The molecule has 2 amide bonds. The van der Waals surface area contributed by atoms with E-state index in [1.54, 1.807) is 23.2 Å². The molecule has 1 aromatic heterocycles. The summed E-state index contributed by atoms with van der Waals surface area (Å²) in [5, 5.41) is 0.960. The number of nitrogens with zero attached hydrogens (tertiary/aromatic N) is 3. The molecule has 25 heavy (non-hydrogen) atoms. The van der Waals surface area contributed by atoms with Crippen molar-refractivity contribution in [2.24, 2.45) is 0 Å². The van der Waals surface area contributed by atoms with Crippen molar-refractivity contribution in [3.63, 3.8) is 0 Å². The third kappa shape index (κ3) is 4.07. The normalized spacial score (nSPS) is 14.7. The van der Waals surface area contributed by atoms with Gasteiger partial charge in [-0.25, -0.2) is 4.98 Å². The lowest BCUT2D eigenvalue weighted by Gasteiger charge is -2.34. The van der Waals surface area contributed by atoms with E-state index in [9.17, 15) is 9.59 Å². The Kier molecular flexibility index (Phi) is 5.18. The molecular weight excluding hydrogens is 334 g/mol. The van der Waals surface area contributed by atoms with E-state index in [0.29, 0.717) is 32.6 Å². The first kappa shape index (κ1) is 17.6. The summed E-state index contributed by atoms with van der Waals surface area (Å²) in [6.07, 6.45) is 0.384. The fraction of sp³-hybridized carbons (Fsp3) is 0.421. The molecule has 0 spiro atoms. The van der Waals surface area contributed by atoms with E-state index in [1.165, 1.54) is 5.56 Å². The maximum atomic E-state index is 12.6. The Balaban J connectivity index is 1.66. The zero-order chi connectivity index (χ0) is 18.0. The molecular formula is C19H23N3O2S. The summed E-state index contributed by atoms with van der Waals surface area (Å²) in [4.78, 5) is 33.3.